The molecule has 0 aromatic rings. The van der Waals surface area contributed by atoms with Crippen LogP contribution < -0.4 is 5.32 Å². The standard InChI is InChI=1S/C56H103NO5/c1-3-5-7-9-11-13-14-15-16-17-18-21-24-27-30-34-38-42-46-50-56(61)62-51-47-43-39-35-31-28-25-22-19-20-23-26-29-33-37-41-45-49-55(60)57-53(52-58)54(59)48-44-40-36-32-12-10-8-6-4-2/h11,13,15-16,19,22,28,31,53-54,58-59H,3-10,12,14,17-18,20-21,23-27,29-30,32-52H2,1-2H3,(H,57,60)/b13-11-,16-15-,22-19-,31-28-. The lowest BCUT2D eigenvalue weighted by Crippen LogP contribution is -2.45. The van der Waals surface area contributed by atoms with Crippen molar-refractivity contribution in [2.24, 2.45) is 0 Å². The molecule has 0 fully saturated rings. The molecular weight excluding hydrogens is 767 g/mol. The summed E-state index contributed by atoms with van der Waals surface area (Å²) in [7, 11) is 0. The first-order valence-electron chi connectivity index (χ1n) is 26.9. The lowest BCUT2D eigenvalue weighted by molar-refractivity contribution is -0.143. The van der Waals surface area contributed by atoms with Crippen molar-refractivity contribution in [3.8, 4) is 0 Å². The van der Waals surface area contributed by atoms with Gasteiger partial charge in [-0.05, 0) is 96.3 Å². The Balaban J connectivity index is 3.47. The summed E-state index contributed by atoms with van der Waals surface area (Å²) < 4.78 is 5.46. The molecule has 0 aliphatic rings. The lowest BCUT2D eigenvalue weighted by Gasteiger charge is -2.22. The fourth-order valence-electron chi connectivity index (χ4n) is 7.93. The molecule has 0 saturated heterocycles. The second kappa shape index (κ2) is 51.5. The predicted octanol–water partition coefficient (Wildman–Crippen LogP) is 16.2. The quantitative estimate of drug-likeness (QED) is 0.0322. The third kappa shape index (κ3) is 47.3. The van der Waals surface area contributed by atoms with E-state index in [1.165, 1.54) is 148 Å². The van der Waals surface area contributed by atoms with Crippen LogP contribution in [0.3, 0.4) is 0 Å². The molecule has 0 radical (unpaired) electrons. The molecule has 2 unspecified atom stereocenters. The van der Waals surface area contributed by atoms with Gasteiger partial charge in [0, 0.05) is 12.8 Å². The Kier molecular flexibility index (Phi) is 49.6. The third-order valence-corrected chi connectivity index (χ3v) is 12.1. The molecule has 0 heterocycles. The fourth-order valence-corrected chi connectivity index (χ4v) is 7.93. The SMILES string of the molecule is CCCCC/C=C\C/C=C\CCCCCCCCCCCC(=O)OCCCCC/C=C\C/C=C\CCCCCCCCCC(=O)NC(CO)C(O)CCCCCCCCCCC. The number of nitrogens with one attached hydrogen (secondary N) is 1. The Hall–Kier alpha value is -2.18. The molecule has 2 atom stereocenters. The van der Waals surface area contributed by atoms with Crippen LogP contribution in [0.15, 0.2) is 48.6 Å². The van der Waals surface area contributed by atoms with Crippen molar-refractivity contribution in [1.29, 1.82) is 0 Å². The number of aliphatic hydroxyl groups excluding tert-OH is 2. The van der Waals surface area contributed by atoms with Gasteiger partial charge < -0.3 is 20.3 Å². The maximum atomic E-state index is 12.4. The smallest absolute Gasteiger partial charge is 0.305 e. The Labute approximate surface area is 385 Å². The number of hydrogen-bond acceptors (Lipinski definition) is 5. The van der Waals surface area contributed by atoms with Gasteiger partial charge in [-0.1, -0.05) is 210 Å². The van der Waals surface area contributed by atoms with Crippen molar-refractivity contribution < 1.29 is 24.5 Å². The van der Waals surface area contributed by atoms with Crippen molar-refractivity contribution in [3.05, 3.63) is 48.6 Å². The van der Waals surface area contributed by atoms with Crippen LogP contribution in [0.4, 0.5) is 0 Å². The van der Waals surface area contributed by atoms with Crippen LogP contribution in [-0.2, 0) is 14.3 Å². The minimum absolute atomic E-state index is 0.0202. The monoisotopic (exact) mass is 870 g/mol. The summed E-state index contributed by atoms with van der Waals surface area (Å²) in [5.74, 6) is -0.0751. The van der Waals surface area contributed by atoms with Gasteiger partial charge in [-0.2, -0.15) is 0 Å². The van der Waals surface area contributed by atoms with Crippen molar-refractivity contribution in [1.82, 2.24) is 5.32 Å². The molecule has 0 saturated carbocycles. The number of carbonyl (C=O) groups excluding carboxylic acids is 2. The molecule has 0 spiro atoms. The molecule has 0 aliphatic carbocycles. The second-order valence-electron chi connectivity index (χ2n) is 18.2. The molecule has 6 heteroatoms. The number of aliphatic hydroxyl groups is 2. The van der Waals surface area contributed by atoms with E-state index in [1.54, 1.807) is 0 Å². The van der Waals surface area contributed by atoms with Crippen molar-refractivity contribution in [2.45, 2.75) is 283 Å². The normalized spacial score (nSPS) is 13.0. The highest BCUT2D eigenvalue weighted by Crippen LogP contribution is 2.15. The molecule has 0 bridgehead atoms. The average Bonchev–Trinajstić information content (AvgIpc) is 3.27. The predicted molar refractivity (Wildman–Crippen MR) is 269 cm³/mol. The number of hydrogen-bond donors (Lipinski definition) is 3. The van der Waals surface area contributed by atoms with E-state index in [-0.39, 0.29) is 18.5 Å². The summed E-state index contributed by atoms with van der Waals surface area (Å²) in [5, 5.41) is 23.1. The number of esters is 1. The van der Waals surface area contributed by atoms with Crippen LogP contribution in [0.5, 0.6) is 0 Å². The Morgan fingerprint density at radius 3 is 1.26 bits per heavy atom. The maximum Gasteiger partial charge on any atom is 0.305 e. The van der Waals surface area contributed by atoms with E-state index in [2.05, 4.69) is 67.8 Å². The van der Waals surface area contributed by atoms with E-state index in [1.807, 2.05) is 0 Å². The first-order chi connectivity index (χ1) is 30.5. The number of allylic oxidation sites excluding steroid dienone is 8. The Morgan fingerprint density at radius 2 is 0.806 bits per heavy atom. The third-order valence-electron chi connectivity index (χ3n) is 12.1. The summed E-state index contributed by atoms with van der Waals surface area (Å²) in [6.07, 6.45) is 63.8. The summed E-state index contributed by atoms with van der Waals surface area (Å²) in [6.45, 7) is 4.85. The van der Waals surface area contributed by atoms with Crippen LogP contribution >= 0.6 is 0 Å². The number of carbonyl (C=O) groups is 2. The zero-order chi connectivity index (χ0) is 45.1. The van der Waals surface area contributed by atoms with Gasteiger partial charge in [-0.25, -0.2) is 0 Å². The highest BCUT2D eigenvalue weighted by atomic mass is 16.5. The molecule has 0 aromatic heterocycles. The minimum Gasteiger partial charge on any atom is -0.466 e. The van der Waals surface area contributed by atoms with E-state index in [0.29, 0.717) is 25.9 Å². The highest BCUT2D eigenvalue weighted by Gasteiger charge is 2.20. The van der Waals surface area contributed by atoms with Gasteiger partial charge in [-0.3, -0.25) is 9.59 Å². The average molecular weight is 870 g/mol. The Morgan fingerprint density at radius 1 is 0.452 bits per heavy atom. The van der Waals surface area contributed by atoms with Crippen molar-refractivity contribution in [2.75, 3.05) is 13.2 Å². The molecule has 3 N–H and O–H groups in total. The Bertz CT molecular complexity index is 1050. The second-order valence-corrected chi connectivity index (χ2v) is 18.2. The van der Waals surface area contributed by atoms with Gasteiger partial charge in [-0.15, -0.1) is 0 Å². The molecule has 1 amide bonds. The van der Waals surface area contributed by atoms with Gasteiger partial charge >= 0.3 is 5.97 Å². The molecule has 362 valence electrons. The lowest BCUT2D eigenvalue weighted by atomic mass is 10.0. The minimum atomic E-state index is -0.673. The van der Waals surface area contributed by atoms with E-state index < -0.39 is 12.1 Å². The summed E-state index contributed by atoms with van der Waals surface area (Å²) in [5.41, 5.74) is 0. The van der Waals surface area contributed by atoms with Gasteiger partial charge in [0.25, 0.3) is 0 Å². The van der Waals surface area contributed by atoms with Crippen molar-refractivity contribution in [3.63, 3.8) is 0 Å². The van der Waals surface area contributed by atoms with Crippen LogP contribution in [0.1, 0.15) is 271 Å². The summed E-state index contributed by atoms with van der Waals surface area (Å²) in [4.78, 5) is 24.4. The zero-order valence-electron chi connectivity index (χ0n) is 41.1. The van der Waals surface area contributed by atoms with E-state index in [0.717, 1.165) is 89.9 Å². The summed E-state index contributed by atoms with van der Waals surface area (Å²) in [6, 6.07) is -0.552. The van der Waals surface area contributed by atoms with Gasteiger partial charge in [0.15, 0.2) is 0 Å². The van der Waals surface area contributed by atoms with E-state index >= 15 is 0 Å². The first-order valence-corrected chi connectivity index (χ1v) is 26.9. The molecule has 62 heavy (non-hydrogen) atoms. The van der Waals surface area contributed by atoms with Crippen molar-refractivity contribution >= 4 is 11.9 Å². The fraction of sp³-hybridized carbons (Fsp3) is 0.821. The molecular formula is C56H103NO5. The zero-order valence-corrected chi connectivity index (χ0v) is 41.1. The van der Waals surface area contributed by atoms with Gasteiger partial charge in [0.2, 0.25) is 5.91 Å². The van der Waals surface area contributed by atoms with Crippen LogP contribution in [0.25, 0.3) is 0 Å². The molecule has 0 rings (SSSR count). The largest absolute Gasteiger partial charge is 0.466 e. The van der Waals surface area contributed by atoms with E-state index in [9.17, 15) is 19.8 Å². The number of unbranched alkanes of at least 4 members (excludes halogenated alkanes) is 30. The number of rotatable bonds is 49. The van der Waals surface area contributed by atoms with Crippen LogP contribution in [0.2, 0.25) is 0 Å². The maximum absolute atomic E-state index is 12.4. The summed E-state index contributed by atoms with van der Waals surface area (Å²) >= 11 is 0. The number of ether oxygens (including phenoxy) is 1. The van der Waals surface area contributed by atoms with Gasteiger partial charge in [0.1, 0.15) is 0 Å². The van der Waals surface area contributed by atoms with Crippen LogP contribution in [0, 0.1) is 0 Å². The molecule has 0 aromatic carbocycles. The van der Waals surface area contributed by atoms with Gasteiger partial charge in [0.05, 0.1) is 25.4 Å². The molecule has 6 nitrogen and oxygen atoms in total. The topological polar surface area (TPSA) is 95.9 Å². The van der Waals surface area contributed by atoms with Crippen LogP contribution in [-0.4, -0.2) is 47.4 Å². The highest BCUT2D eigenvalue weighted by molar-refractivity contribution is 5.76. The molecule has 0 aliphatic heterocycles. The first kappa shape index (κ1) is 59.8. The number of amides is 1. The van der Waals surface area contributed by atoms with E-state index in [4.69, 9.17) is 4.74 Å².